The summed E-state index contributed by atoms with van der Waals surface area (Å²) in [6.45, 7) is 11.6. The van der Waals surface area contributed by atoms with Crippen molar-refractivity contribution in [2.75, 3.05) is 13.6 Å². The van der Waals surface area contributed by atoms with Crippen LogP contribution in [0.4, 0.5) is 0 Å². The van der Waals surface area contributed by atoms with E-state index in [-0.39, 0.29) is 23.8 Å². The number of amides is 1. The molecule has 0 aliphatic carbocycles. The highest BCUT2D eigenvalue weighted by Gasteiger charge is 2.36. The molecule has 0 saturated carbocycles. The van der Waals surface area contributed by atoms with Crippen LogP contribution in [0.25, 0.3) is 10.4 Å². The first-order valence-corrected chi connectivity index (χ1v) is 13.0. The second-order valence-corrected chi connectivity index (χ2v) is 10.3. The maximum absolute atomic E-state index is 12.6. The standard InChI is InChI=1S/C14H20N2O3.C13H16N2S/c1-9(2)13(12-7-10(3)15-19-12)14(18)16-6-4-5-11(16)8-17;1-9-6-11(4-5-12(9)7-14-3)13-10(2)15-8-16-13/h7-9,11,13H,4-6H2,1-3H3;4-6,8,14H,7H2,1-3H3. The number of hydrogen-bond acceptors (Lipinski definition) is 7. The van der Waals surface area contributed by atoms with Gasteiger partial charge in [-0.1, -0.05) is 37.2 Å². The Hall–Kier alpha value is -2.84. The second kappa shape index (κ2) is 12.2. The number of benzene rings is 1. The Balaban J connectivity index is 0.000000198. The molecule has 4 rings (SSSR count). The van der Waals surface area contributed by atoms with Crippen molar-refractivity contribution in [1.29, 1.82) is 0 Å². The van der Waals surface area contributed by atoms with Crippen LogP contribution in [0.2, 0.25) is 0 Å². The number of hydrogen-bond donors (Lipinski definition) is 1. The zero-order valence-electron chi connectivity index (χ0n) is 21.5. The molecule has 8 heteroatoms. The van der Waals surface area contributed by atoms with Gasteiger partial charge in [0.25, 0.3) is 0 Å². The van der Waals surface area contributed by atoms with Crippen molar-refractivity contribution in [1.82, 2.24) is 20.4 Å². The molecule has 0 bridgehead atoms. The zero-order valence-corrected chi connectivity index (χ0v) is 22.3. The van der Waals surface area contributed by atoms with Crippen LogP contribution in [0.15, 0.2) is 34.3 Å². The minimum Gasteiger partial charge on any atom is -0.360 e. The van der Waals surface area contributed by atoms with Gasteiger partial charge in [-0.15, -0.1) is 11.3 Å². The lowest BCUT2D eigenvalue weighted by atomic mass is 9.91. The first-order chi connectivity index (χ1) is 16.8. The van der Waals surface area contributed by atoms with Crippen LogP contribution in [0, 0.1) is 26.7 Å². The Morgan fingerprint density at radius 2 is 2.06 bits per heavy atom. The van der Waals surface area contributed by atoms with Gasteiger partial charge in [-0.2, -0.15) is 0 Å². The molecular weight excluding hydrogens is 460 g/mol. The number of nitrogens with zero attached hydrogens (tertiary/aromatic N) is 3. The number of aromatic nitrogens is 2. The number of likely N-dealkylation sites (tertiary alicyclic amines) is 1. The third-order valence-electron chi connectivity index (χ3n) is 6.34. The molecule has 7 nitrogen and oxygen atoms in total. The number of aryl methyl sites for hydroxylation is 3. The van der Waals surface area contributed by atoms with Gasteiger partial charge in [-0.3, -0.25) is 4.79 Å². The number of nitrogens with one attached hydrogen (secondary N) is 1. The Labute approximate surface area is 211 Å². The van der Waals surface area contributed by atoms with Crippen LogP contribution in [0.1, 0.15) is 60.9 Å². The average Bonchev–Trinajstić information content (AvgIpc) is 3.57. The molecule has 2 atom stereocenters. The highest BCUT2D eigenvalue weighted by atomic mass is 32.1. The fraction of sp³-hybridized carbons (Fsp3) is 0.481. The molecule has 1 saturated heterocycles. The molecule has 1 amide bonds. The van der Waals surface area contributed by atoms with E-state index in [1.807, 2.05) is 33.3 Å². The number of carbonyl (C=O) groups excluding carboxylic acids is 2. The average molecular weight is 497 g/mol. The van der Waals surface area contributed by atoms with Crippen molar-refractivity contribution < 1.29 is 14.1 Å². The van der Waals surface area contributed by atoms with Crippen LogP contribution in [-0.4, -0.2) is 46.9 Å². The van der Waals surface area contributed by atoms with E-state index in [9.17, 15) is 9.59 Å². The van der Waals surface area contributed by atoms with Crippen molar-refractivity contribution in [3.8, 4) is 10.4 Å². The first-order valence-electron chi connectivity index (χ1n) is 12.1. The predicted molar refractivity (Wildman–Crippen MR) is 139 cm³/mol. The first kappa shape index (κ1) is 26.8. The number of aldehydes is 1. The van der Waals surface area contributed by atoms with Gasteiger partial charge in [0, 0.05) is 19.2 Å². The van der Waals surface area contributed by atoms with Gasteiger partial charge < -0.3 is 19.5 Å². The molecule has 1 N–H and O–H groups in total. The summed E-state index contributed by atoms with van der Waals surface area (Å²) in [5.74, 6) is 0.310. The van der Waals surface area contributed by atoms with Gasteiger partial charge in [0.05, 0.1) is 27.8 Å². The van der Waals surface area contributed by atoms with Gasteiger partial charge in [-0.05, 0) is 63.3 Å². The zero-order chi connectivity index (χ0) is 25.5. The Morgan fingerprint density at radius 1 is 1.29 bits per heavy atom. The smallest absolute Gasteiger partial charge is 0.234 e. The quantitative estimate of drug-likeness (QED) is 0.460. The fourth-order valence-electron chi connectivity index (χ4n) is 4.46. The molecule has 1 aromatic carbocycles. The van der Waals surface area contributed by atoms with Gasteiger partial charge in [0.15, 0.2) is 0 Å². The summed E-state index contributed by atoms with van der Waals surface area (Å²) in [5.41, 5.74) is 7.75. The summed E-state index contributed by atoms with van der Waals surface area (Å²) in [7, 11) is 1.97. The van der Waals surface area contributed by atoms with Gasteiger partial charge >= 0.3 is 0 Å². The van der Waals surface area contributed by atoms with Crippen molar-refractivity contribution >= 4 is 23.5 Å². The molecule has 188 valence electrons. The summed E-state index contributed by atoms with van der Waals surface area (Å²) >= 11 is 1.70. The van der Waals surface area contributed by atoms with E-state index in [0.29, 0.717) is 12.3 Å². The predicted octanol–water partition coefficient (Wildman–Crippen LogP) is 5.06. The van der Waals surface area contributed by atoms with Gasteiger partial charge in [0.2, 0.25) is 5.91 Å². The maximum Gasteiger partial charge on any atom is 0.234 e. The molecule has 35 heavy (non-hydrogen) atoms. The van der Waals surface area contributed by atoms with E-state index in [2.05, 4.69) is 47.5 Å². The highest BCUT2D eigenvalue weighted by molar-refractivity contribution is 7.13. The number of carbonyl (C=O) groups is 2. The molecule has 2 unspecified atom stereocenters. The van der Waals surface area contributed by atoms with Crippen LogP contribution >= 0.6 is 11.3 Å². The third kappa shape index (κ3) is 6.44. The van der Waals surface area contributed by atoms with Crippen molar-refractivity contribution in [3.05, 3.63) is 58.1 Å². The normalized spacial score (nSPS) is 16.2. The molecular formula is C27H36N4O3S. The van der Waals surface area contributed by atoms with E-state index in [1.165, 1.54) is 21.6 Å². The van der Waals surface area contributed by atoms with Crippen LogP contribution in [-0.2, 0) is 16.1 Å². The van der Waals surface area contributed by atoms with E-state index in [0.717, 1.165) is 37.1 Å². The van der Waals surface area contributed by atoms with Crippen molar-refractivity contribution in [3.63, 3.8) is 0 Å². The van der Waals surface area contributed by atoms with Crippen molar-refractivity contribution in [2.45, 2.75) is 66.0 Å². The van der Waals surface area contributed by atoms with Crippen LogP contribution < -0.4 is 5.32 Å². The lowest BCUT2D eigenvalue weighted by Crippen LogP contribution is -2.40. The number of rotatable bonds is 7. The monoisotopic (exact) mass is 496 g/mol. The topological polar surface area (TPSA) is 88.3 Å². The van der Waals surface area contributed by atoms with Crippen LogP contribution in [0.5, 0.6) is 0 Å². The molecule has 1 aliphatic heterocycles. The Bertz CT molecular complexity index is 1140. The molecule has 1 aliphatic rings. The molecule has 2 aromatic heterocycles. The SMILES string of the molecule is CNCc1ccc(-c2scnc2C)cc1C.Cc1cc(C(C(=O)N2CCCC2C=O)C(C)C)on1. The van der Waals surface area contributed by atoms with Crippen molar-refractivity contribution in [2.24, 2.45) is 5.92 Å². The van der Waals surface area contributed by atoms with E-state index in [4.69, 9.17) is 4.52 Å². The summed E-state index contributed by atoms with van der Waals surface area (Å²) in [6, 6.07) is 8.14. The van der Waals surface area contributed by atoms with E-state index in [1.54, 1.807) is 22.3 Å². The number of thiazole rings is 1. The van der Waals surface area contributed by atoms with E-state index >= 15 is 0 Å². The minimum atomic E-state index is -0.359. The van der Waals surface area contributed by atoms with E-state index < -0.39 is 0 Å². The maximum atomic E-state index is 12.6. The summed E-state index contributed by atoms with van der Waals surface area (Å²) in [4.78, 5) is 30.9. The second-order valence-electron chi connectivity index (χ2n) is 9.41. The molecule has 0 spiro atoms. The Kier molecular flexibility index (Phi) is 9.34. The summed E-state index contributed by atoms with van der Waals surface area (Å²) in [5, 5.41) is 7.03. The third-order valence-corrected chi connectivity index (χ3v) is 7.32. The molecule has 0 radical (unpaired) electrons. The minimum absolute atomic E-state index is 0.0271. The van der Waals surface area contributed by atoms with Gasteiger partial charge in [0.1, 0.15) is 18.0 Å². The molecule has 1 fully saturated rings. The largest absolute Gasteiger partial charge is 0.360 e. The molecule has 3 heterocycles. The molecule has 3 aromatic rings. The fourth-order valence-corrected chi connectivity index (χ4v) is 5.26. The lowest BCUT2D eigenvalue weighted by molar-refractivity contribution is -0.137. The summed E-state index contributed by atoms with van der Waals surface area (Å²) in [6.07, 6.45) is 2.51. The van der Waals surface area contributed by atoms with Crippen LogP contribution in [0.3, 0.4) is 0 Å². The van der Waals surface area contributed by atoms with Gasteiger partial charge in [-0.25, -0.2) is 4.98 Å². The summed E-state index contributed by atoms with van der Waals surface area (Å²) < 4.78 is 5.25. The lowest BCUT2D eigenvalue weighted by Gasteiger charge is -2.26. The highest BCUT2D eigenvalue weighted by Crippen LogP contribution is 2.30. The Morgan fingerprint density at radius 3 is 2.60 bits per heavy atom.